The van der Waals surface area contributed by atoms with Crippen LogP contribution in [0.15, 0.2) is 22.7 Å². The van der Waals surface area contributed by atoms with E-state index >= 15 is 0 Å². The van der Waals surface area contributed by atoms with E-state index in [0.29, 0.717) is 43.8 Å². The lowest BCUT2D eigenvalue weighted by atomic mass is 9.96. The van der Waals surface area contributed by atoms with Crippen molar-refractivity contribution >= 4 is 23.2 Å². The molecule has 0 aliphatic carbocycles. The number of hydrogen-bond donors (Lipinski definition) is 2. The third-order valence-electron chi connectivity index (χ3n) is 4.22. The number of rotatable bonds is 5. The van der Waals surface area contributed by atoms with Crippen LogP contribution >= 0.6 is 0 Å². The highest BCUT2D eigenvalue weighted by Gasteiger charge is 2.21. The Morgan fingerprint density at radius 2 is 2.12 bits per heavy atom. The number of carbonyl (C=O) groups is 2. The van der Waals surface area contributed by atoms with Gasteiger partial charge >= 0.3 is 0 Å². The number of hydrogen-bond acceptors (Lipinski definition) is 5. The Labute approximate surface area is 152 Å². The Bertz CT molecular complexity index is 820. The van der Waals surface area contributed by atoms with E-state index in [1.54, 1.807) is 6.07 Å². The molecule has 2 amide bonds. The first-order valence-corrected chi connectivity index (χ1v) is 8.87. The maximum absolute atomic E-state index is 12.1. The molecule has 1 aromatic heterocycles. The maximum atomic E-state index is 12.1. The van der Waals surface area contributed by atoms with E-state index in [4.69, 9.17) is 4.52 Å². The summed E-state index contributed by atoms with van der Waals surface area (Å²) in [4.78, 5) is 27.9. The van der Waals surface area contributed by atoms with E-state index in [9.17, 15) is 9.59 Å². The molecule has 0 unspecified atom stereocenters. The molecule has 2 N–H and O–H groups in total. The SMILES string of the molecule is CC(C)(C)c1noc(CCCC(=O)Nc2ccc3c(c2)CCC(=O)N3)n1. The van der Waals surface area contributed by atoms with Crippen molar-refractivity contribution in [3.05, 3.63) is 35.5 Å². The third-order valence-corrected chi connectivity index (χ3v) is 4.22. The monoisotopic (exact) mass is 356 g/mol. The first-order chi connectivity index (χ1) is 12.3. The zero-order valence-corrected chi connectivity index (χ0v) is 15.4. The largest absolute Gasteiger partial charge is 0.339 e. The van der Waals surface area contributed by atoms with Gasteiger partial charge in [-0.25, -0.2) is 0 Å². The second-order valence-corrected chi connectivity index (χ2v) is 7.58. The van der Waals surface area contributed by atoms with Crippen molar-refractivity contribution in [2.75, 3.05) is 10.6 Å². The molecule has 1 aliphatic rings. The fourth-order valence-corrected chi connectivity index (χ4v) is 2.75. The van der Waals surface area contributed by atoms with Crippen LogP contribution in [0.3, 0.4) is 0 Å². The number of aryl methyl sites for hydroxylation is 2. The zero-order valence-electron chi connectivity index (χ0n) is 15.4. The molecule has 2 heterocycles. The van der Waals surface area contributed by atoms with Gasteiger partial charge in [-0.1, -0.05) is 25.9 Å². The predicted molar refractivity (Wildman–Crippen MR) is 98.0 cm³/mol. The van der Waals surface area contributed by atoms with Gasteiger partial charge in [-0.15, -0.1) is 0 Å². The van der Waals surface area contributed by atoms with Gasteiger partial charge in [-0.05, 0) is 36.6 Å². The summed E-state index contributed by atoms with van der Waals surface area (Å²) in [5, 5.41) is 9.71. The van der Waals surface area contributed by atoms with Crippen molar-refractivity contribution in [2.24, 2.45) is 0 Å². The van der Waals surface area contributed by atoms with Gasteiger partial charge < -0.3 is 15.2 Å². The van der Waals surface area contributed by atoms with Crippen molar-refractivity contribution in [3.63, 3.8) is 0 Å². The van der Waals surface area contributed by atoms with Gasteiger partial charge in [0.2, 0.25) is 17.7 Å². The molecule has 3 rings (SSSR count). The van der Waals surface area contributed by atoms with Crippen LogP contribution in [-0.2, 0) is 27.8 Å². The number of anilines is 2. The van der Waals surface area contributed by atoms with Crippen LogP contribution in [0.4, 0.5) is 11.4 Å². The Hall–Kier alpha value is -2.70. The Kier molecular flexibility index (Phi) is 5.06. The van der Waals surface area contributed by atoms with Crippen LogP contribution in [0.25, 0.3) is 0 Å². The molecule has 7 nitrogen and oxygen atoms in total. The molecule has 2 aromatic rings. The number of carbonyl (C=O) groups excluding carboxylic acids is 2. The summed E-state index contributed by atoms with van der Waals surface area (Å²) in [5.74, 6) is 1.22. The van der Waals surface area contributed by atoms with Crippen molar-refractivity contribution in [1.82, 2.24) is 10.1 Å². The van der Waals surface area contributed by atoms with Crippen LogP contribution in [0.2, 0.25) is 0 Å². The van der Waals surface area contributed by atoms with Crippen molar-refractivity contribution in [3.8, 4) is 0 Å². The molecule has 26 heavy (non-hydrogen) atoms. The van der Waals surface area contributed by atoms with Gasteiger partial charge in [-0.2, -0.15) is 4.98 Å². The maximum Gasteiger partial charge on any atom is 0.226 e. The fourth-order valence-electron chi connectivity index (χ4n) is 2.75. The molecule has 138 valence electrons. The summed E-state index contributed by atoms with van der Waals surface area (Å²) >= 11 is 0. The molecule has 1 aromatic carbocycles. The molecule has 0 saturated heterocycles. The van der Waals surface area contributed by atoms with Crippen LogP contribution in [0.1, 0.15) is 57.3 Å². The summed E-state index contributed by atoms with van der Waals surface area (Å²) in [6.07, 6.45) is 2.76. The van der Waals surface area contributed by atoms with Gasteiger partial charge in [0.25, 0.3) is 0 Å². The molecule has 0 fully saturated rings. The minimum absolute atomic E-state index is 0.0323. The Morgan fingerprint density at radius 3 is 2.85 bits per heavy atom. The first kappa shape index (κ1) is 18.1. The van der Waals surface area contributed by atoms with Gasteiger partial charge in [0.05, 0.1) is 0 Å². The van der Waals surface area contributed by atoms with E-state index in [1.165, 1.54) is 0 Å². The van der Waals surface area contributed by atoms with Gasteiger partial charge in [-0.3, -0.25) is 9.59 Å². The molecule has 0 radical (unpaired) electrons. The highest BCUT2D eigenvalue weighted by Crippen LogP contribution is 2.25. The number of benzene rings is 1. The molecule has 0 atom stereocenters. The highest BCUT2D eigenvalue weighted by atomic mass is 16.5. The van der Waals surface area contributed by atoms with Crippen LogP contribution in [-0.4, -0.2) is 22.0 Å². The summed E-state index contributed by atoms with van der Waals surface area (Å²) in [6, 6.07) is 5.55. The van der Waals surface area contributed by atoms with Crippen molar-refractivity contribution < 1.29 is 14.1 Å². The molecular weight excluding hydrogens is 332 g/mol. The molecular formula is C19H24N4O3. The minimum atomic E-state index is -0.148. The Morgan fingerprint density at radius 1 is 1.31 bits per heavy atom. The lowest BCUT2D eigenvalue weighted by molar-refractivity contribution is -0.117. The van der Waals surface area contributed by atoms with E-state index in [1.807, 2.05) is 32.9 Å². The topological polar surface area (TPSA) is 97.1 Å². The summed E-state index contributed by atoms with van der Waals surface area (Å²) < 4.78 is 5.23. The number of fused-ring (bicyclic) bond motifs is 1. The van der Waals surface area contributed by atoms with Crippen LogP contribution < -0.4 is 10.6 Å². The number of aromatic nitrogens is 2. The van der Waals surface area contributed by atoms with E-state index in [0.717, 1.165) is 16.9 Å². The average molecular weight is 356 g/mol. The third kappa shape index (κ3) is 4.47. The normalized spacial score (nSPS) is 13.9. The smallest absolute Gasteiger partial charge is 0.226 e. The van der Waals surface area contributed by atoms with Crippen molar-refractivity contribution in [2.45, 2.75) is 58.3 Å². The highest BCUT2D eigenvalue weighted by molar-refractivity contribution is 5.95. The van der Waals surface area contributed by atoms with Crippen LogP contribution in [0.5, 0.6) is 0 Å². The van der Waals surface area contributed by atoms with E-state index in [-0.39, 0.29) is 17.2 Å². The summed E-state index contributed by atoms with van der Waals surface area (Å²) in [6.45, 7) is 6.08. The van der Waals surface area contributed by atoms with Gasteiger partial charge in [0, 0.05) is 36.1 Å². The number of amides is 2. The van der Waals surface area contributed by atoms with E-state index < -0.39 is 0 Å². The first-order valence-electron chi connectivity index (χ1n) is 8.87. The molecule has 1 aliphatic heterocycles. The number of nitrogens with one attached hydrogen (secondary N) is 2. The molecule has 0 bridgehead atoms. The summed E-state index contributed by atoms with van der Waals surface area (Å²) in [7, 11) is 0. The predicted octanol–water partition coefficient (Wildman–Crippen LogP) is 3.21. The minimum Gasteiger partial charge on any atom is -0.339 e. The van der Waals surface area contributed by atoms with Gasteiger partial charge in [0.15, 0.2) is 5.82 Å². The quantitative estimate of drug-likeness (QED) is 0.857. The van der Waals surface area contributed by atoms with E-state index in [2.05, 4.69) is 20.8 Å². The standard InChI is InChI=1S/C19H24N4O3/c1-19(2,3)18-22-17(26-23-18)6-4-5-15(24)20-13-8-9-14-12(11-13)7-10-16(25)21-14/h8-9,11H,4-7,10H2,1-3H3,(H,20,24)(H,21,25). The van der Waals surface area contributed by atoms with Crippen LogP contribution in [0, 0.1) is 0 Å². The average Bonchev–Trinajstić information content (AvgIpc) is 3.04. The zero-order chi connectivity index (χ0) is 18.7. The lowest BCUT2D eigenvalue weighted by Gasteiger charge is -2.17. The second-order valence-electron chi connectivity index (χ2n) is 7.58. The second kappa shape index (κ2) is 7.27. The van der Waals surface area contributed by atoms with Gasteiger partial charge in [0.1, 0.15) is 0 Å². The lowest BCUT2D eigenvalue weighted by Crippen LogP contribution is -2.19. The molecule has 7 heteroatoms. The summed E-state index contributed by atoms with van der Waals surface area (Å²) in [5.41, 5.74) is 2.47. The molecule has 0 spiro atoms. The molecule has 0 saturated carbocycles. The fraction of sp³-hybridized carbons (Fsp3) is 0.474. The number of nitrogens with zero attached hydrogens (tertiary/aromatic N) is 2. The Balaban J connectivity index is 1.49. The van der Waals surface area contributed by atoms with Crippen molar-refractivity contribution in [1.29, 1.82) is 0 Å².